The molecule has 0 aromatic carbocycles. The van der Waals surface area contributed by atoms with Gasteiger partial charge < -0.3 is 0 Å². The highest BCUT2D eigenvalue weighted by atomic mass is 32.2. The molecule has 0 bridgehead atoms. The number of halogens is 3. The molecule has 0 amide bonds. The van der Waals surface area contributed by atoms with Crippen molar-refractivity contribution in [1.82, 2.24) is 0 Å². The van der Waals surface area contributed by atoms with Crippen molar-refractivity contribution >= 4 is 10.1 Å². The lowest BCUT2D eigenvalue weighted by Crippen LogP contribution is -2.31. The Hall–Kier alpha value is -0.560. The van der Waals surface area contributed by atoms with Crippen molar-refractivity contribution in [2.24, 2.45) is 5.41 Å². The molecule has 7 heteroatoms. The van der Waals surface area contributed by atoms with E-state index in [1.807, 2.05) is 0 Å². The first-order chi connectivity index (χ1) is 7.08. The Morgan fingerprint density at radius 1 is 1.38 bits per heavy atom. The zero-order valence-corrected chi connectivity index (χ0v) is 9.99. The van der Waals surface area contributed by atoms with Crippen LogP contribution in [0.25, 0.3) is 0 Å². The molecule has 0 saturated carbocycles. The summed E-state index contributed by atoms with van der Waals surface area (Å²) >= 11 is 0. The largest absolute Gasteiger partial charge is 0.523 e. The highest BCUT2D eigenvalue weighted by Gasteiger charge is 2.48. The van der Waals surface area contributed by atoms with E-state index in [4.69, 9.17) is 0 Å². The van der Waals surface area contributed by atoms with Gasteiger partial charge >= 0.3 is 15.6 Å². The molecule has 0 radical (unpaired) electrons. The molecule has 96 valence electrons. The molecule has 1 unspecified atom stereocenters. The molecule has 0 rings (SSSR count). The number of rotatable bonds is 6. The van der Waals surface area contributed by atoms with Crippen molar-refractivity contribution in [2.45, 2.75) is 32.2 Å². The van der Waals surface area contributed by atoms with E-state index in [2.05, 4.69) is 10.8 Å². The van der Waals surface area contributed by atoms with Crippen LogP contribution in [0.2, 0.25) is 0 Å². The molecule has 0 aliphatic heterocycles. The monoisotopic (exact) mass is 260 g/mol. The predicted octanol–water partition coefficient (Wildman–Crippen LogP) is 2.85. The van der Waals surface area contributed by atoms with E-state index in [0.717, 1.165) is 0 Å². The van der Waals surface area contributed by atoms with Crippen molar-refractivity contribution in [2.75, 3.05) is 6.61 Å². The minimum atomic E-state index is -5.49. The van der Waals surface area contributed by atoms with Gasteiger partial charge in [-0.05, 0) is 18.3 Å². The summed E-state index contributed by atoms with van der Waals surface area (Å²) in [4.78, 5) is 0. The summed E-state index contributed by atoms with van der Waals surface area (Å²) < 4.78 is 61.2. The summed E-state index contributed by atoms with van der Waals surface area (Å²) in [5.74, 6) is 0. The van der Waals surface area contributed by atoms with Gasteiger partial charge in [0.05, 0.1) is 6.61 Å². The van der Waals surface area contributed by atoms with E-state index in [9.17, 15) is 21.6 Å². The van der Waals surface area contributed by atoms with Crippen LogP contribution in [0.15, 0.2) is 12.7 Å². The molecule has 0 spiro atoms. The van der Waals surface area contributed by atoms with E-state index in [1.165, 1.54) is 6.08 Å². The van der Waals surface area contributed by atoms with Crippen LogP contribution in [-0.4, -0.2) is 20.5 Å². The van der Waals surface area contributed by atoms with Crippen LogP contribution >= 0.6 is 0 Å². The third-order valence-corrected chi connectivity index (χ3v) is 3.33. The molecule has 16 heavy (non-hydrogen) atoms. The van der Waals surface area contributed by atoms with Gasteiger partial charge in [0, 0.05) is 0 Å². The minimum absolute atomic E-state index is 0.386. The number of allylic oxidation sites excluding steroid dienone is 1. The van der Waals surface area contributed by atoms with Crippen LogP contribution in [0.4, 0.5) is 13.2 Å². The molecule has 0 aromatic rings. The molecular weight excluding hydrogens is 245 g/mol. The van der Waals surface area contributed by atoms with Crippen LogP contribution in [0.3, 0.4) is 0 Å². The van der Waals surface area contributed by atoms with Crippen LogP contribution in [0.5, 0.6) is 0 Å². The smallest absolute Gasteiger partial charge is 0.263 e. The molecule has 0 aromatic heterocycles. The second-order valence-electron chi connectivity index (χ2n) is 3.82. The molecule has 0 saturated heterocycles. The Kier molecular flexibility index (Phi) is 5.00. The van der Waals surface area contributed by atoms with Gasteiger partial charge in [0.1, 0.15) is 0 Å². The first kappa shape index (κ1) is 15.4. The summed E-state index contributed by atoms with van der Waals surface area (Å²) in [6.45, 7) is 6.34. The standard InChI is InChI=1S/C9H15F3O3S/c1-4-6-8(3,5-2)7-15-16(13,14)9(10,11)12/h4H,1,5-7H2,2-3H3. The second kappa shape index (κ2) is 5.18. The summed E-state index contributed by atoms with van der Waals surface area (Å²) in [6, 6.07) is 0. The molecule has 3 nitrogen and oxygen atoms in total. The van der Waals surface area contributed by atoms with Crippen LogP contribution in [0.1, 0.15) is 26.7 Å². The highest BCUT2D eigenvalue weighted by molar-refractivity contribution is 7.87. The van der Waals surface area contributed by atoms with Crippen molar-refractivity contribution in [3.05, 3.63) is 12.7 Å². The summed E-state index contributed by atoms with van der Waals surface area (Å²) in [5.41, 5.74) is -6.02. The maximum absolute atomic E-state index is 12.0. The van der Waals surface area contributed by atoms with Gasteiger partial charge in [-0.3, -0.25) is 4.18 Å². The lowest BCUT2D eigenvalue weighted by atomic mass is 9.85. The molecular formula is C9H15F3O3S. The third kappa shape index (κ3) is 4.13. The van der Waals surface area contributed by atoms with E-state index in [0.29, 0.717) is 12.8 Å². The molecule has 0 aliphatic rings. The minimum Gasteiger partial charge on any atom is -0.263 e. The van der Waals surface area contributed by atoms with Crippen LogP contribution in [0, 0.1) is 5.41 Å². The molecule has 0 heterocycles. The van der Waals surface area contributed by atoms with Crippen molar-refractivity contribution in [3.8, 4) is 0 Å². The Bertz CT molecular complexity index is 334. The van der Waals surface area contributed by atoms with Gasteiger partial charge in [-0.1, -0.05) is 19.9 Å². The van der Waals surface area contributed by atoms with Crippen molar-refractivity contribution < 1.29 is 25.8 Å². The van der Waals surface area contributed by atoms with E-state index >= 15 is 0 Å². The Labute approximate surface area is 93.4 Å². The van der Waals surface area contributed by atoms with E-state index < -0.39 is 27.6 Å². The predicted molar refractivity (Wildman–Crippen MR) is 54.1 cm³/mol. The topological polar surface area (TPSA) is 43.4 Å². The summed E-state index contributed by atoms with van der Waals surface area (Å²) in [7, 11) is -5.49. The molecule has 0 N–H and O–H groups in total. The van der Waals surface area contributed by atoms with Crippen molar-refractivity contribution in [3.63, 3.8) is 0 Å². The van der Waals surface area contributed by atoms with Crippen molar-refractivity contribution in [1.29, 1.82) is 0 Å². The van der Waals surface area contributed by atoms with E-state index in [1.54, 1.807) is 13.8 Å². The maximum Gasteiger partial charge on any atom is 0.523 e. The lowest BCUT2D eigenvalue weighted by molar-refractivity contribution is -0.0564. The first-order valence-electron chi connectivity index (χ1n) is 4.64. The van der Waals surface area contributed by atoms with Gasteiger partial charge in [-0.2, -0.15) is 21.6 Å². The van der Waals surface area contributed by atoms with Gasteiger partial charge in [-0.15, -0.1) is 6.58 Å². The Balaban J connectivity index is 4.61. The van der Waals surface area contributed by atoms with Gasteiger partial charge in [0.2, 0.25) is 0 Å². The maximum atomic E-state index is 12.0. The first-order valence-corrected chi connectivity index (χ1v) is 6.05. The van der Waals surface area contributed by atoms with Crippen LogP contribution < -0.4 is 0 Å². The number of alkyl halides is 3. The van der Waals surface area contributed by atoms with E-state index in [-0.39, 0.29) is 0 Å². The SMILES string of the molecule is C=CCC(C)(CC)COS(=O)(=O)C(F)(F)F. The normalized spacial score (nSPS) is 16.8. The lowest BCUT2D eigenvalue weighted by Gasteiger charge is -2.26. The molecule has 0 aliphatic carbocycles. The van der Waals surface area contributed by atoms with Gasteiger partial charge in [0.15, 0.2) is 0 Å². The average Bonchev–Trinajstić information content (AvgIpc) is 2.14. The number of hydrogen-bond donors (Lipinski definition) is 0. The quantitative estimate of drug-likeness (QED) is 0.419. The highest BCUT2D eigenvalue weighted by Crippen LogP contribution is 2.30. The fraction of sp³-hybridized carbons (Fsp3) is 0.778. The Morgan fingerprint density at radius 2 is 1.88 bits per heavy atom. The third-order valence-electron chi connectivity index (χ3n) is 2.34. The van der Waals surface area contributed by atoms with Gasteiger partial charge in [0.25, 0.3) is 0 Å². The summed E-state index contributed by atoms with van der Waals surface area (Å²) in [6.07, 6.45) is 2.40. The van der Waals surface area contributed by atoms with Gasteiger partial charge in [-0.25, -0.2) is 0 Å². The number of hydrogen-bond acceptors (Lipinski definition) is 3. The summed E-state index contributed by atoms with van der Waals surface area (Å²) in [5, 5.41) is 0. The zero-order valence-electron chi connectivity index (χ0n) is 9.17. The second-order valence-corrected chi connectivity index (χ2v) is 5.43. The zero-order chi connectivity index (χ0) is 13.0. The fourth-order valence-corrected chi connectivity index (χ4v) is 1.51. The molecule has 1 atom stereocenters. The fourth-order valence-electron chi connectivity index (χ4n) is 0.940. The van der Waals surface area contributed by atoms with Crippen LogP contribution in [-0.2, 0) is 14.3 Å². The average molecular weight is 260 g/mol. The molecule has 0 fully saturated rings. The Morgan fingerprint density at radius 3 is 2.19 bits per heavy atom.